The van der Waals surface area contributed by atoms with Gasteiger partial charge in [0.2, 0.25) is 5.91 Å². The molecule has 8 N–H and O–H groups in total. The SMILES string of the molecule is CCCCCCCCCCCCCCCCCCCCCCCCCCCCC(=O)N[C@@H](COP(=O)(O)OC1C(O)C(O)C(O)[C@@H](O)C1O)[C@H](O)CCCCCCCCCCCCCCC. The van der Waals surface area contributed by atoms with Crippen molar-refractivity contribution in [1.29, 1.82) is 0 Å². The van der Waals surface area contributed by atoms with Crippen LogP contribution in [-0.4, -0.2) is 96.8 Å². The highest BCUT2D eigenvalue weighted by molar-refractivity contribution is 7.47. The van der Waals surface area contributed by atoms with Crippen molar-refractivity contribution in [2.45, 2.75) is 326 Å². The number of nitrogens with one attached hydrogen (secondary N) is 1. The Kier molecular flexibility index (Phi) is 41.4. The lowest BCUT2D eigenvalue weighted by atomic mass is 9.85. The van der Waals surface area contributed by atoms with Gasteiger partial charge in [-0.05, 0) is 12.8 Å². The predicted molar refractivity (Wildman–Crippen MR) is 269 cm³/mol. The molecule has 1 saturated carbocycles. The summed E-state index contributed by atoms with van der Waals surface area (Å²) in [6.07, 6.45) is 37.2. The van der Waals surface area contributed by atoms with Crippen LogP contribution >= 0.6 is 7.82 Å². The summed E-state index contributed by atoms with van der Waals surface area (Å²) in [5.41, 5.74) is 0. The third-order valence-electron chi connectivity index (χ3n) is 13.9. The van der Waals surface area contributed by atoms with Gasteiger partial charge in [-0.1, -0.05) is 258 Å². The molecule has 0 spiro atoms. The topological polar surface area (TPSA) is 206 Å². The molecular weight excluding hydrogens is 858 g/mol. The molecule has 6 unspecified atom stereocenters. The molecule has 1 aliphatic rings. The van der Waals surface area contributed by atoms with Crippen LogP contribution in [0.15, 0.2) is 0 Å². The van der Waals surface area contributed by atoms with Crippen LogP contribution in [0.2, 0.25) is 0 Å². The van der Waals surface area contributed by atoms with Crippen LogP contribution in [0.25, 0.3) is 0 Å². The van der Waals surface area contributed by atoms with E-state index in [4.69, 9.17) is 9.05 Å². The summed E-state index contributed by atoms with van der Waals surface area (Å²) in [7, 11) is -5.05. The quantitative estimate of drug-likeness (QED) is 0.0213. The second-order valence-electron chi connectivity index (χ2n) is 20.1. The average Bonchev–Trinajstić information content (AvgIpc) is 3.30. The van der Waals surface area contributed by atoms with E-state index in [1.54, 1.807) is 0 Å². The van der Waals surface area contributed by atoms with Crippen molar-refractivity contribution < 1.29 is 53.9 Å². The molecule has 0 aromatic rings. The smallest absolute Gasteiger partial charge is 0.391 e. The van der Waals surface area contributed by atoms with Gasteiger partial charge in [0.05, 0.1) is 18.8 Å². The van der Waals surface area contributed by atoms with Gasteiger partial charge >= 0.3 is 7.82 Å². The molecule has 394 valence electrons. The normalized spacial score (nSPS) is 21.8. The van der Waals surface area contributed by atoms with Gasteiger partial charge in [-0.2, -0.15) is 0 Å². The first-order chi connectivity index (χ1) is 31.9. The number of carbonyl (C=O) groups is 1. The van der Waals surface area contributed by atoms with E-state index in [1.165, 1.54) is 199 Å². The standard InChI is InChI=1S/C53H106NO11P/c1-3-5-7-9-11-13-15-17-18-19-20-21-22-23-24-25-26-27-28-29-31-33-35-37-39-41-43-47(56)54-45(46(55)42-40-38-36-34-32-30-16-14-12-10-8-6-4-2)44-64-66(62,63)65-53-51(60)49(58)48(57)50(59)52(53)61/h45-46,48-53,55,57-61H,3-44H2,1-2H3,(H,54,56)(H,62,63)/t45-,46+,48?,49+,50?,51?,52?,53?/m0/s1. The first-order valence-electron chi connectivity index (χ1n) is 28.0. The van der Waals surface area contributed by atoms with Crippen LogP contribution in [0.4, 0.5) is 0 Å². The zero-order chi connectivity index (χ0) is 48.5. The Morgan fingerprint density at radius 2 is 0.727 bits per heavy atom. The number of rotatable bonds is 48. The summed E-state index contributed by atoms with van der Waals surface area (Å²) in [6, 6.07) is -1.03. The van der Waals surface area contributed by atoms with E-state index in [0.717, 1.165) is 38.5 Å². The van der Waals surface area contributed by atoms with Gasteiger partial charge < -0.3 is 40.8 Å². The number of phosphoric acid groups is 1. The number of aliphatic hydroxyl groups is 6. The van der Waals surface area contributed by atoms with Crippen molar-refractivity contribution in [3.63, 3.8) is 0 Å². The zero-order valence-electron chi connectivity index (χ0n) is 42.5. The predicted octanol–water partition coefficient (Wildman–Crippen LogP) is 12.2. The molecule has 0 aromatic heterocycles. The summed E-state index contributed by atoms with van der Waals surface area (Å²) in [6.45, 7) is 3.92. The van der Waals surface area contributed by atoms with E-state index in [-0.39, 0.29) is 12.3 Å². The van der Waals surface area contributed by atoms with Gasteiger partial charge in [-0.25, -0.2) is 4.57 Å². The molecule has 9 atom stereocenters. The lowest BCUT2D eigenvalue weighted by Gasteiger charge is -2.41. The fourth-order valence-electron chi connectivity index (χ4n) is 9.38. The molecule has 0 aromatic carbocycles. The number of phosphoric ester groups is 1. The summed E-state index contributed by atoms with van der Waals surface area (Å²) in [5.74, 6) is -0.301. The van der Waals surface area contributed by atoms with E-state index in [9.17, 15) is 44.9 Å². The van der Waals surface area contributed by atoms with E-state index in [0.29, 0.717) is 19.3 Å². The molecule has 0 heterocycles. The lowest BCUT2D eigenvalue weighted by Crippen LogP contribution is -2.64. The maximum absolute atomic E-state index is 13.0. The van der Waals surface area contributed by atoms with Crippen LogP contribution in [0, 0.1) is 0 Å². The minimum atomic E-state index is -5.05. The third kappa shape index (κ3) is 33.8. The molecule has 1 aliphatic carbocycles. The average molecular weight is 964 g/mol. The number of hydrogen-bond acceptors (Lipinski definition) is 10. The molecule has 1 rings (SSSR count). The molecule has 1 amide bonds. The number of amides is 1. The Morgan fingerprint density at radius 1 is 0.455 bits per heavy atom. The molecule has 0 aliphatic heterocycles. The van der Waals surface area contributed by atoms with Gasteiger partial charge in [-0.15, -0.1) is 0 Å². The maximum atomic E-state index is 13.0. The molecule has 0 bridgehead atoms. The Bertz CT molecular complexity index is 1120. The Labute approximate surface area is 404 Å². The van der Waals surface area contributed by atoms with Crippen LogP contribution in [0.5, 0.6) is 0 Å². The largest absolute Gasteiger partial charge is 0.472 e. The van der Waals surface area contributed by atoms with Crippen molar-refractivity contribution in [2.24, 2.45) is 0 Å². The van der Waals surface area contributed by atoms with Crippen LogP contribution in [0.3, 0.4) is 0 Å². The Morgan fingerprint density at radius 3 is 1.05 bits per heavy atom. The second kappa shape index (κ2) is 43.2. The van der Waals surface area contributed by atoms with Crippen LogP contribution < -0.4 is 5.32 Å². The number of aliphatic hydroxyl groups excluding tert-OH is 6. The number of hydrogen-bond donors (Lipinski definition) is 8. The van der Waals surface area contributed by atoms with Crippen molar-refractivity contribution in [3.05, 3.63) is 0 Å². The van der Waals surface area contributed by atoms with E-state index in [1.807, 2.05) is 0 Å². The Hall–Kier alpha value is -0.660. The summed E-state index contributed by atoms with van der Waals surface area (Å²) < 4.78 is 23.0. The van der Waals surface area contributed by atoms with E-state index in [2.05, 4.69) is 19.2 Å². The molecule has 1 fully saturated rings. The summed E-state index contributed by atoms with van der Waals surface area (Å²) >= 11 is 0. The molecular formula is C53H106NO11P. The van der Waals surface area contributed by atoms with Crippen LogP contribution in [0.1, 0.15) is 277 Å². The van der Waals surface area contributed by atoms with Gasteiger partial charge in [0.1, 0.15) is 36.6 Å². The third-order valence-corrected chi connectivity index (χ3v) is 14.9. The minimum Gasteiger partial charge on any atom is -0.391 e. The second-order valence-corrected chi connectivity index (χ2v) is 21.6. The van der Waals surface area contributed by atoms with Gasteiger partial charge in [-0.3, -0.25) is 13.8 Å². The number of carbonyl (C=O) groups excluding carboxylic acids is 1. The summed E-state index contributed by atoms with van der Waals surface area (Å²) in [5, 5.41) is 64.3. The van der Waals surface area contributed by atoms with Crippen LogP contribution in [-0.2, 0) is 18.4 Å². The number of unbranched alkanes of at least 4 members (excludes halogenated alkanes) is 37. The summed E-state index contributed by atoms with van der Waals surface area (Å²) in [4.78, 5) is 23.5. The van der Waals surface area contributed by atoms with E-state index < -0.39 is 63.2 Å². The maximum Gasteiger partial charge on any atom is 0.472 e. The van der Waals surface area contributed by atoms with Gasteiger partial charge in [0.15, 0.2) is 0 Å². The fraction of sp³-hybridized carbons (Fsp3) is 0.981. The highest BCUT2D eigenvalue weighted by Crippen LogP contribution is 2.47. The highest BCUT2D eigenvalue weighted by Gasteiger charge is 2.51. The van der Waals surface area contributed by atoms with Crippen molar-refractivity contribution >= 4 is 13.7 Å². The van der Waals surface area contributed by atoms with E-state index >= 15 is 0 Å². The molecule has 13 heteroatoms. The Balaban J connectivity index is 2.27. The van der Waals surface area contributed by atoms with Gasteiger partial charge in [0, 0.05) is 6.42 Å². The first kappa shape index (κ1) is 63.4. The molecule has 66 heavy (non-hydrogen) atoms. The minimum absolute atomic E-state index is 0.243. The monoisotopic (exact) mass is 964 g/mol. The molecule has 12 nitrogen and oxygen atoms in total. The first-order valence-corrected chi connectivity index (χ1v) is 29.5. The fourth-order valence-corrected chi connectivity index (χ4v) is 10.3. The van der Waals surface area contributed by atoms with Crippen molar-refractivity contribution in [2.75, 3.05) is 6.61 Å². The van der Waals surface area contributed by atoms with Gasteiger partial charge in [0.25, 0.3) is 0 Å². The zero-order valence-corrected chi connectivity index (χ0v) is 43.4. The molecule has 0 saturated heterocycles. The molecule has 0 radical (unpaired) electrons. The van der Waals surface area contributed by atoms with Crippen molar-refractivity contribution in [1.82, 2.24) is 5.32 Å². The highest BCUT2D eigenvalue weighted by atomic mass is 31.2. The van der Waals surface area contributed by atoms with Crippen molar-refractivity contribution in [3.8, 4) is 0 Å². The lowest BCUT2D eigenvalue weighted by molar-refractivity contribution is -0.220.